The first-order valence-corrected chi connectivity index (χ1v) is 9.42. The summed E-state index contributed by atoms with van der Waals surface area (Å²) in [6, 6.07) is 10.9. The quantitative estimate of drug-likeness (QED) is 0.893. The molecule has 1 atom stereocenters. The normalized spacial score (nSPS) is 18.3. The number of carbonyl (C=O) groups excluding carboxylic acids is 1. The van der Waals surface area contributed by atoms with Gasteiger partial charge < -0.3 is 15.0 Å². The van der Waals surface area contributed by atoms with Crippen LogP contribution in [0.5, 0.6) is 0 Å². The van der Waals surface area contributed by atoms with Gasteiger partial charge in [0.15, 0.2) is 0 Å². The van der Waals surface area contributed by atoms with Crippen LogP contribution in [0.25, 0.3) is 10.1 Å². The van der Waals surface area contributed by atoms with Crippen molar-refractivity contribution in [1.82, 2.24) is 10.2 Å². The van der Waals surface area contributed by atoms with Crippen molar-refractivity contribution in [1.29, 1.82) is 0 Å². The van der Waals surface area contributed by atoms with Crippen molar-refractivity contribution in [2.45, 2.75) is 51.8 Å². The van der Waals surface area contributed by atoms with Crippen LogP contribution in [0.15, 0.2) is 30.3 Å². The van der Waals surface area contributed by atoms with Gasteiger partial charge in [-0.15, -0.1) is 11.3 Å². The second-order valence-electron chi connectivity index (χ2n) is 7.35. The Morgan fingerprint density at radius 2 is 2.17 bits per heavy atom. The summed E-state index contributed by atoms with van der Waals surface area (Å²) in [5.41, 5.74) is -0.436. The van der Waals surface area contributed by atoms with Crippen molar-refractivity contribution in [2.75, 3.05) is 13.1 Å². The smallest absolute Gasteiger partial charge is 0.410 e. The Bertz CT molecular complexity index is 672. The summed E-state index contributed by atoms with van der Waals surface area (Å²) in [6.07, 6.45) is 1.90. The number of nitrogens with zero attached hydrogens (tertiary/aromatic N) is 1. The highest BCUT2D eigenvalue weighted by Crippen LogP contribution is 2.25. The number of likely N-dealkylation sites (tertiary alicyclic amines) is 1. The Morgan fingerprint density at radius 1 is 1.38 bits per heavy atom. The molecule has 2 aromatic rings. The fraction of sp³-hybridized carbons (Fsp3) is 0.526. The highest BCUT2D eigenvalue weighted by atomic mass is 32.1. The molecular formula is C19H26N2O2S. The topological polar surface area (TPSA) is 41.6 Å². The standard InChI is InChI=1S/C19H26N2O2S/c1-19(2,3)23-18(22)21-10-6-8-15(21)12-20-13-16-11-14-7-4-5-9-17(14)24-16/h4-5,7,9,11,15,20H,6,8,10,12-13H2,1-3H3. The molecule has 0 aliphatic carbocycles. The molecule has 1 aromatic carbocycles. The fourth-order valence-electron chi connectivity index (χ4n) is 3.09. The molecule has 0 radical (unpaired) electrons. The predicted octanol–water partition coefficient (Wildman–Crippen LogP) is 4.39. The maximum atomic E-state index is 12.3. The minimum atomic E-state index is -0.436. The Kier molecular flexibility index (Phi) is 5.11. The molecule has 1 unspecified atom stereocenters. The molecule has 1 fully saturated rings. The number of benzene rings is 1. The predicted molar refractivity (Wildman–Crippen MR) is 99.5 cm³/mol. The molecule has 0 spiro atoms. The van der Waals surface area contributed by atoms with Gasteiger partial charge >= 0.3 is 6.09 Å². The van der Waals surface area contributed by atoms with Crippen LogP contribution in [0.2, 0.25) is 0 Å². The van der Waals surface area contributed by atoms with E-state index in [1.54, 1.807) is 0 Å². The number of ether oxygens (including phenoxy) is 1. The van der Waals surface area contributed by atoms with Gasteiger partial charge in [0.05, 0.1) is 0 Å². The SMILES string of the molecule is CC(C)(C)OC(=O)N1CCCC1CNCc1cc2ccccc2s1. The number of hydrogen-bond donors (Lipinski definition) is 1. The van der Waals surface area contributed by atoms with E-state index in [0.29, 0.717) is 0 Å². The monoisotopic (exact) mass is 346 g/mol. The van der Waals surface area contributed by atoms with Gasteiger partial charge in [0.2, 0.25) is 0 Å². The van der Waals surface area contributed by atoms with Gasteiger partial charge in [-0.2, -0.15) is 0 Å². The molecule has 0 bridgehead atoms. The Hall–Kier alpha value is -1.59. The van der Waals surface area contributed by atoms with E-state index >= 15 is 0 Å². The molecule has 1 amide bonds. The average molecular weight is 346 g/mol. The van der Waals surface area contributed by atoms with Gasteiger partial charge in [0.25, 0.3) is 0 Å². The number of rotatable bonds is 4. The van der Waals surface area contributed by atoms with Crippen LogP contribution in [-0.4, -0.2) is 35.7 Å². The van der Waals surface area contributed by atoms with Gasteiger partial charge in [-0.05, 0) is 51.1 Å². The number of fused-ring (bicyclic) bond motifs is 1. The first-order chi connectivity index (χ1) is 11.4. The average Bonchev–Trinajstić information content (AvgIpc) is 3.11. The highest BCUT2D eigenvalue weighted by Gasteiger charge is 2.31. The first kappa shape index (κ1) is 17.2. The summed E-state index contributed by atoms with van der Waals surface area (Å²) < 4.78 is 6.84. The molecule has 1 aliphatic heterocycles. The molecule has 1 N–H and O–H groups in total. The van der Waals surface area contributed by atoms with Crippen molar-refractivity contribution in [3.8, 4) is 0 Å². The van der Waals surface area contributed by atoms with E-state index < -0.39 is 5.60 Å². The molecule has 1 aliphatic rings. The fourth-order valence-corrected chi connectivity index (χ4v) is 4.13. The number of nitrogens with one attached hydrogen (secondary N) is 1. The van der Waals surface area contributed by atoms with Crippen LogP contribution in [0, 0.1) is 0 Å². The van der Waals surface area contributed by atoms with Crippen LogP contribution in [0.3, 0.4) is 0 Å². The summed E-state index contributed by atoms with van der Waals surface area (Å²) in [7, 11) is 0. The van der Waals surface area contributed by atoms with E-state index in [4.69, 9.17) is 4.74 Å². The third kappa shape index (κ3) is 4.28. The zero-order valence-electron chi connectivity index (χ0n) is 14.7. The van der Waals surface area contributed by atoms with E-state index in [9.17, 15) is 4.79 Å². The highest BCUT2D eigenvalue weighted by molar-refractivity contribution is 7.19. The van der Waals surface area contributed by atoms with E-state index in [2.05, 4.69) is 35.6 Å². The molecule has 5 heteroatoms. The largest absolute Gasteiger partial charge is 0.444 e. The van der Waals surface area contributed by atoms with Crippen molar-refractivity contribution in [3.63, 3.8) is 0 Å². The summed E-state index contributed by atoms with van der Waals surface area (Å²) in [4.78, 5) is 15.5. The molecule has 2 heterocycles. The molecule has 4 nitrogen and oxygen atoms in total. The zero-order chi connectivity index (χ0) is 17.2. The summed E-state index contributed by atoms with van der Waals surface area (Å²) in [5, 5.41) is 4.81. The number of hydrogen-bond acceptors (Lipinski definition) is 4. The Labute approximate surface area is 147 Å². The lowest BCUT2D eigenvalue weighted by Crippen LogP contribution is -2.43. The van der Waals surface area contributed by atoms with Gasteiger partial charge in [-0.3, -0.25) is 0 Å². The maximum Gasteiger partial charge on any atom is 0.410 e. The Balaban J connectivity index is 1.52. The van der Waals surface area contributed by atoms with Crippen LogP contribution in [0.4, 0.5) is 4.79 Å². The van der Waals surface area contributed by atoms with Crippen molar-refractivity contribution < 1.29 is 9.53 Å². The second-order valence-corrected chi connectivity index (χ2v) is 8.52. The van der Waals surface area contributed by atoms with Crippen molar-refractivity contribution in [2.24, 2.45) is 0 Å². The van der Waals surface area contributed by atoms with Crippen LogP contribution in [0.1, 0.15) is 38.5 Å². The third-order valence-electron chi connectivity index (χ3n) is 4.16. The van der Waals surface area contributed by atoms with Gasteiger partial charge in [-0.25, -0.2) is 4.79 Å². The van der Waals surface area contributed by atoms with E-state index in [1.807, 2.05) is 37.0 Å². The summed E-state index contributed by atoms with van der Waals surface area (Å²) in [5.74, 6) is 0. The first-order valence-electron chi connectivity index (χ1n) is 8.60. The lowest BCUT2D eigenvalue weighted by molar-refractivity contribution is 0.0226. The zero-order valence-corrected chi connectivity index (χ0v) is 15.5. The minimum absolute atomic E-state index is 0.186. The number of amides is 1. The van der Waals surface area contributed by atoms with E-state index in [-0.39, 0.29) is 12.1 Å². The van der Waals surface area contributed by atoms with Crippen LogP contribution >= 0.6 is 11.3 Å². The molecule has 0 saturated carbocycles. The lowest BCUT2D eigenvalue weighted by Gasteiger charge is -2.28. The summed E-state index contributed by atoms with van der Waals surface area (Å²) >= 11 is 1.83. The Morgan fingerprint density at radius 3 is 2.92 bits per heavy atom. The van der Waals surface area contributed by atoms with Crippen LogP contribution < -0.4 is 5.32 Å². The van der Waals surface area contributed by atoms with E-state index in [0.717, 1.165) is 32.5 Å². The van der Waals surface area contributed by atoms with Gasteiger partial charge in [0, 0.05) is 35.3 Å². The van der Waals surface area contributed by atoms with Crippen LogP contribution in [-0.2, 0) is 11.3 Å². The minimum Gasteiger partial charge on any atom is -0.444 e. The lowest BCUT2D eigenvalue weighted by atomic mass is 10.2. The maximum absolute atomic E-state index is 12.3. The van der Waals surface area contributed by atoms with Gasteiger partial charge in [-0.1, -0.05) is 18.2 Å². The van der Waals surface area contributed by atoms with E-state index in [1.165, 1.54) is 15.0 Å². The van der Waals surface area contributed by atoms with Crippen molar-refractivity contribution >= 4 is 27.5 Å². The molecule has 1 saturated heterocycles. The number of carbonyl (C=O) groups is 1. The second kappa shape index (κ2) is 7.11. The summed E-state index contributed by atoms with van der Waals surface area (Å²) in [6.45, 7) is 8.19. The molecule has 24 heavy (non-hydrogen) atoms. The third-order valence-corrected chi connectivity index (χ3v) is 5.28. The van der Waals surface area contributed by atoms with Crippen molar-refractivity contribution in [3.05, 3.63) is 35.2 Å². The van der Waals surface area contributed by atoms with Gasteiger partial charge in [0.1, 0.15) is 5.60 Å². The number of thiophene rings is 1. The molecule has 130 valence electrons. The molecular weight excluding hydrogens is 320 g/mol. The molecule has 3 rings (SSSR count). The molecule has 1 aromatic heterocycles.